The maximum absolute atomic E-state index is 13.9. The zero-order valence-corrected chi connectivity index (χ0v) is 21.9. The normalized spacial score (nSPS) is 12.3. The molecule has 192 valence electrons. The van der Waals surface area contributed by atoms with Gasteiger partial charge in [-0.15, -0.1) is 5.10 Å². The number of carbonyl (C=O) groups is 2. The van der Waals surface area contributed by atoms with Crippen molar-refractivity contribution in [2.24, 2.45) is 0 Å². The maximum atomic E-state index is 13.9. The van der Waals surface area contributed by atoms with Gasteiger partial charge in [0.1, 0.15) is 18.1 Å². The second-order valence-electron chi connectivity index (χ2n) is 9.98. The predicted octanol–water partition coefficient (Wildman–Crippen LogP) is 4.25. The Morgan fingerprint density at radius 1 is 1.08 bits per heavy atom. The number of para-hydroxylation sites is 1. The highest BCUT2D eigenvalue weighted by Crippen LogP contribution is 2.24. The average molecular weight is 499 g/mol. The third-order valence-corrected chi connectivity index (χ3v) is 6.66. The van der Waals surface area contributed by atoms with Crippen LogP contribution in [0.2, 0.25) is 0 Å². The third-order valence-electron chi connectivity index (χ3n) is 6.66. The van der Waals surface area contributed by atoms with Crippen molar-refractivity contribution in [3.05, 3.63) is 89.7 Å². The SMILES string of the molecule is CCC(C)(C)NC(=O)[C@@H](c1cccnc1)N(CCc1cccc(C)c1)C(=O)Cn1nnc2ccccc21. The quantitative estimate of drug-likeness (QED) is 0.353. The van der Waals surface area contributed by atoms with E-state index in [0.29, 0.717) is 24.0 Å². The fourth-order valence-corrected chi connectivity index (χ4v) is 4.27. The molecule has 2 aromatic carbocycles. The molecule has 0 aliphatic rings. The van der Waals surface area contributed by atoms with Gasteiger partial charge in [-0.05, 0) is 57.4 Å². The lowest BCUT2D eigenvalue weighted by Gasteiger charge is -2.34. The summed E-state index contributed by atoms with van der Waals surface area (Å²) >= 11 is 0. The molecule has 0 spiro atoms. The summed E-state index contributed by atoms with van der Waals surface area (Å²) in [6, 6.07) is 18.5. The van der Waals surface area contributed by atoms with Gasteiger partial charge in [0.25, 0.3) is 0 Å². The van der Waals surface area contributed by atoms with E-state index in [0.717, 1.165) is 23.1 Å². The molecule has 0 saturated carbocycles. The van der Waals surface area contributed by atoms with Crippen LogP contribution in [0.4, 0.5) is 0 Å². The van der Waals surface area contributed by atoms with Crippen LogP contribution in [0.5, 0.6) is 0 Å². The van der Waals surface area contributed by atoms with Crippen molar-refractivity contribution in [2.75, 3.05) is 6.54 Å². The number of fused-ring (bicyclic) bond motifs is 1. The zero-order valence-electron chi connectivity index (χ0n) is 21.9. The highest BCUT2D eigenvalue weighted by Gasteiger charge is 2.34. The molecule has 1 atom stereocenters. The van der Waals surface area contributed by atoms with Gasteiger partial charge in [-0.25, -0.2) is 4.68 Å². The highest BCUT2D eigenvalue weighted by atomic mass is 16.2. The van der Waals surface area contributed by atoms with Crippen LogP contribution in [0.3, 0.4) is 0 Å². The fraction of sp³-hybridized carbons (Fsp3) is 0.345. The molecule has 4 rings (SSSR count). The number of aromatic nitrogens is 4. The summed E-state index contributed by atoms with van der Waals surface area (Å²) in [4.78, 5) is 33.6. The zero-order chi connectivity index (χ0) is 26.4. The van der Waals surface area contributed by atoms with Crippen molar-refractivity contribution in [1.29, 1.82) is 0 Å². The molecular formula is C29H34N6O2. The molecule has 0 bridgehead atoms. The van der Waals surface area contributed by atoms with Gasteiger partial charge in [-0.3, -0.25) is 14.6 Å². The van der Waals surface area contributed by atoms with E-state index in [9.17, 15) is 9.59 Å². The first-order valence-electron chi connectivity index (χ1n) is 12.6. The average Bonchev–Trinajstić information content (AvgIpc) is 3.29. The Morgan fingerprint density at radius 3 is 2.62 bits per heavy atom. The van der Waals surface area contributed by atoms with E-state index in [1.54, 1.807) is 28.0 Å². The molecule has 0 aliphatic carbocycles. The van der Waals surface area contributed by atoms with Crippen LogP contribution in [0, 0.1) is 6.92 Å². The Bertz CT molecular complexity index is 1370. The second-order valence-corrected chi connectivity index (χ2v) is 9.98. The Labute approximate surface area is 217 Å². The van der Waals surface area contributed by atoms with Crippen molar-refractivity contribution < 1.29 is 9.59 Å². The second kappa shape index (κ2) is 11.3. The Hall–Kier alpha value is -4.07. The van der Waals surface area contributed by atoms with Crippen LogP contribution in [-0.4, -0.2) is 48.8 Å². The minimum atomic E-state index is -0.841. The van der Waals surface area contributed by atoms with Gasteiger partial charge in [-0.2, -0.15) is 0 Å². The van der Waals surface area contributed by atoms with Gasteiger partial charge < -0.3 is 10.2 Å². The summed E-state index contributed by atoms with van der Waals surface area (Å²) in [5.74, 6) is -0.456. The topological polar surface area (TPSA) is 93.0 Å². The minimum Gasteiger partial charge on any atom is -0.349 e. The van der Waals surface area contributed by atoms with Crippen molar-refractivity contribution >= 4 is 22.8 Å². The molecule has 0 fully saturated rings. The lowest BCUT2D eigenvalue weighted by atomic mass is 9.99. The molecule has 2 amide bonds. The Kier molecular flexibility index (Phi) is 7.96. The first kappa shape index (κ1) is 26.0. The van der Waals surface area contributed by atoms with Crippen LogP contribution in [-0.2, 0) is 22.6 Å². The number of benzene rings is 2. The first-order valence-corrected chi connectivity index (χ1v) is 12.6. The lowest BCUT2D eigenvalue weighted by molar-refractivity contribution is -0.142. The molecule has 0 aliphatic heterocycles. The first-order chi connectivity index (χ1) is 17.8. The van der Waals surface area contributed by atoms with Crippen LogP contribution < -0.4 is 5.32 Å². The monoisotopic (exact) mass is 498 g/mol. The molecular weight excluding hydrogens is 464 g/mol. The summed E-state index contributed by atoms with van der Waals surface area (Å²) < 4.78 is 1.59. The van der Waals surface area contributed by atoms with Crippen LogP contribution in [0.15, 0.2) is 73.1 Å². The van der Waals surface area contributed by atoms with Gasteiger partial charge in [0.2, 0.25) is 11.8 Å². The number of pyridine rings is 1. The molecule has 1 N–H and O–H groups in total. The highest BCUT2D eigenvalue weighted by molar-refractivity contribution is 5.89. The lowest BCUT2D eigenvalue weighted by Crippen LogP contribution is -2.51. The van der Waals surface area contributed by atoms with Gasteiger partial charge in [-0.1, -0.05) is 60.2 Å². The van der Waals surface area contributed by atoms with E-state index < -0.39 is 11.6 Å². The van der Waals surface area contributed by atoms with Gasteiger partial charge in [0.15, 0.2) is 0 Å². The van der Waals surface area contributed by atoms with Crippen molar-refractivity contribution in [2.45, 2.75) is 58.7 Å². The third kappa shape index (κ3) is 6.39. The smallest absolute Gasteiger partial charge is 0.247 e. The standard InChI is InChI=1S/C29H34N6O2/c1-5-29(3,4)31-28(37)27(23-12-9-16-30-19-23)34(17-15-22-11-8-10-21(2)18-22)26(36)20-35-25-14-7-6-13-24(25)32-33-35/h6-14,16,18-19,27H,5,15,17,20H2,1-4H3,(H,31,37)/t27-/m1/s1. The minimum absolute atomic E-state index is 0.0322. The molecule has 0 radical (unpaired) electrons. The molecule has 2 heterocycles. The number of aryl methyl sites for hydroxylation is 1. The molecule has 4 aromatic rings. The Morgan fingerprint density at radius 2 is 1.89 bits per heavy atom. The molecule has 8 nitrogen and oxygen atoms in total. The van der Waals surface area contributed by atoms with E-state index in [-0.39, 0.29) is 18.4 Å². The number of amides is 2. The summed E-state index contributed by atoms with van der Waals surface area (Å²) in [5, 5.41) is 11.5. The van der Waals surface area contributed by atoms with E-state index in [1.165, 1.54) is 0 Å². The van der Waals surface area contributed by atoms with E-state index in [4.69, 9.17) is 0 Å². The molecule has 37 heavy (non-hydrogen) atoms. The summed E-state index contributed by atoms with van der Waals surface area (Å²) in [7, 11) is 0. The van der Waals surface area contributed by atoms with Crippen LogP contribution in [0.1, 0.15) is 49.9 Å². The van der Waals surface area contributed by atoms with E-state index in [1.807, 2.05) is 76.2 Å². The van der Waals surface area contributed by atoms with Crippen LogP contribution in [0.25, 0.3) is 11.0 Å². The molecule has 2 aromatic heterocycles. The summed E-state index contributed by atoms with van der Waals surface area (Å²) in [5.41, 5.74) is 3.97. The largest absolute Gasteiger partial charge is 0.349 e. The molecule has 0 saturated heterocycles. The maximum Gasteiger partial charge on any atom is 0.247 e. The van der Waals surface area contributed by atoms with Gasteiger partial charge in [0.05, 0.1) is 5.52 Å². The molecule has 8 heteroatoms. The number of nitrogens with one attached hydrogen (secondary N) is 1. The summed E-state index contributed by atoms with van der Waals surface area (Å²) in [6.07, 6.45) is 4.67. The number of hydrogen-bond donors (Lipinski definition) is 1. The van der Waals surface area contributed by atoms with Gasteiger partial charge >= 0.3 is 0 Å². The predicted molar refractivity (Wildman–Crippen MR) is 144 cm³/mol. The van der Waals surface area contributed by atoms with Crippen LogP contribution >= 0.6 is 0 Å². The fourth-order valence-electron chi connectivity index (χ4n) is 4.27. The van der Waals surface area contributed by atoms with Crippen molar-refractivity contribution in [3.63, 3.8) is 0 Å². The van der Waals surface area contributed by atoms with Gasteiger partial charge in [0, 0.05) is 30.0 Å². The number of hydrogen-bond acceptors (Lipinski definition) is 5. The molecule has 0 unspecified atom stereocenters. The number of nitrogens with zero attached hydrogens (tertiary/aromatic N) is 5. The van der Waals surface area contributed by atoms with Crippen molar-refractivity contribution in [3.8, 4) is 0 Å². The Balaban J connectivity index is 1.70. The van der Waals surface area contributed by atoms with Crippen molar-refractivity contribution in [1.82, 2.24) is 30.2 Å². The summed E-state index contributed by atoms with van der Waals surface area (Å²) in [6.45, 7) is 8.35. The number of rotatable bonds is 10. The van der Waals surface area contributed by atoms with E-state index >= 15 is 0 Å². The number of carbonyl (C=O) groups excluding carboxylic acids is 2. The van der Waals surface area contributed by atoms with E-state index in [2.05, 4.69) is 26.7 Å².